The fourth-order valence-electron chi connectivity index (χ4n) is 3.43. The van der Waals surface area contributed by atoms with Gasteiger partial charge in [0, 0.05) is 23.7 Å². The van der Waals surface area contributed by atoms with Crippen LogP contribution in [-0.2, 0) is 14.8 Å². The number of nitrogens with zero attached hydrogens (tertiary/aromatic N) is 3. The van der Waals surface area contributed by atoms with Gasteiger partial charge < -0.3 is 9.26 Å². The van der Waals surface area contributed by atoms with Crippen molar-refractivity contribution in [2.24, 2.45) is 0 Å². The maximum absolute atomic E-state index is 14.0. The Kier molecular flexibility index (Phi) is 7.22. The van der Waals surface area contributed by atoms with E-state index in [1.807, 2.05) is 0 Å². The van der Waals surface area contributed by atoms with Crippen LogP contribution in [0.1, 0.15) is 13.3 Å². The van der Waals surface area contributed by atoms with Gasteiger partial charge in [-0.05, 0) is 53.6 Å². The molecule has 2 aromatic carbocycles. The lowest BCUT2D eigenvalue weighted by Crippen LogP contribution is -2.26. The van der Waals surface area contributed by atoms with Gasteiger partial charge in [-0.15, -0.1) is 0 Å². The molecule has 0 radical (unpaired) electrons. The number of benzene rings is 2. The standard InChI is InChI=1S/C24H20ClFN4O5S/c1-3-24(31)30(23-7-5-19(14-27-23)36(32,33)29-22-8-9-35-28-22)20-12-15(4-6-21(20)34-2)16-10-17(25)13-18(26)11-16/h4-14H,3H2,1-2H3,(H,28,29). The van der Waals surface area contributed by atoms with E-state index in [4.69, 9.17) is 16.3 Å². The number of hydrogen-bond donors (Lipinski definition) is 1. The number of hydrogen-bond acceptors (Lipinski definition) is 7. The monoisotopic (exact) mass is 530 g/mol. The van der Waals surface area contributed by atoms with Crippen LogP contribution in [0.2, 0.25) is 5.02 Å². The van der Waals surface area contributed by atoms with E-state index < -0.39 is 15.8 Å². The highest BCUT2D eigenvalue weighted by Gasteiger charge is 2.24. The Morgan fingerprint density at radius 1 is 1.14 bits per heavy atom. The highest BCUT2D eigenvalue weighted by molar-refractivity contribution is 7.92. The minimum Gasteiger partial charge on any atom is -0.495 e. The summed E-state index contributed by atoms with van der Waals surface area (Å²) in [5, 5.41) is 3.75. The molecule has 0 spiro atoms. The lowest BCUT2D eigenvalue weighted by atomic mass is 10.0. The third-order valence-corrected chi connectivity index (χ3v) is 6.66. The largest absolute Gasteiger partial charge is 0.495 e. The molecule has 1 N–H and O–H groups in total. The molecule has 0 bridgehead atoms. The van der Waals surface area contributed by atoms with Crippen LogP contribution in [0.15, 0.2) is 76.5 Å². The molecule has 0 fully saturated rings. The molecule has 186 valence electrons. The Morgan fingerprint density at radius 3 is 2.56 bits per heavy atom. The number of methoxy groups -OCH3 is 1. The fourth-order valence-corrected chi connectivity index (χ4v) is 4.59. The van der Waals surface area contributed by atoms with E-state index in [0.717, 1.165) is 6.20 Å². The Hall–Kier alpha value is -3.96. The van der Waals surface area contributed by atoms with Gasteiger partial charge in [-0.2, -0.15) is 0 Å². The van der Waals surface area contributed by atoms with Crippen LogP contribution < -0.4 is 14.4 Å². The number of anilines is 3. The van der Waals surface area contributed by atoms with Crippen molar-refractivity contribution in [3.05, 3.63) is 77.9 Å². The van der Waals surface area contributed by atoms with Crippen molar-refractivity contribution in [2.75, 3.05) is 16.7 Å². The molecule has 1 amide bonds. The first-order valence-corrected chi connectivity index (χ1v) is 12.4. The van der Waals surface area contributed by atoms with Crippen LogP contribution >= 0.6 is 11.6 Å². The molecule has 0 saturated heterocycles. The van der Waals surface area contributed by atoms with E-state index in [1.54, 1.807) is 31.2 Å². The number of ether oxygens (including phenoxy) is 1. The quantitative estimate of drug-likeness (QED) is 0.324. The SMILES string of the molecule is CCC(=O)N(c1ccc(S(=O)(=O)Nc2ccon2)cn1)c1cc(-c2cc(F)cc(Cl)c2)ccc1OC. The van der Waals surface area contributed by atoms with Gasteiger partial charge in [-0.3, -0.25) is 14.4 Å². The number of pyridine rings is 1. The topological polar surface area (TPSA) is 115 Å². The van der Waals surface area contributed by atoms with E-state index in [9.17, 15) is 17.6 Å². The Labute approximate surface area is 211 Å². The average Bonchev–Trinajstić information content (AvgIpc) is 3.36. The van der Waals surface area contributed by atoms with E-state index in [1.165, 1.54) is 48.6 Å². The second-order valence-electron chi connectivity index (χ2n) is 7.47. The van der Waals surface area contributed by atoms with E-state index in [-0.39, 0.29) is 33.9 Å². The van der Waals surface area contributed by atoms with Gasteiger partial charge in [0.15, 0.2) is 5.82 Å². The summed E-state index contributed by atoms with van der Waals surface area (Å²) in [6, 6.07) is 13.2. The molecule has 2 aromatic heterocycles. The third kappa shape index (κ3) is 5.31. The van der Waals surface area contributed by atoms with Crippen molar-refractivity contribution >= 4 is 44.9 Å². The summed E-state index contributed by atoms with van der Waals surface area (Å²) >= 11 is 6.02. The summed E-state index contributed by atoms with van der Waals surface area (Å²) < 4.78 is 51.6. The van der Waals surface area contributed by atoms with Crippen LogP contribution in [-0.4, -0.2) is 31.6 Å². The summed E-state index contributed by atoms with van der Waals surface area (Å²) in [4.78, 5) is 18.4. The number of sulfonamides is 1. The lowest BCUT2D eigenvalue weighted by molar-refractivity contribution is -0.117. The maximum Gasteiger partial charge on any atom is 0.264 e. The fraction of sp³-hybridized carbons (Fsp3) is 0.125. The zero-order valence-corrected chi connectivity index (χ0v) is 20.7. The average molecular weight is 531 g/mol. The lowest BCUT2D eigenvalue weighted by Gasteiger charge is -2.24. The summed E-state index contributed by atoms with van der Waals surface area (Å²) in [5.41, 5.74) is 1.42. The second kappa shape index (κ2) is 10.3. The van der Waals surface area contributed by atoms with Crippen molar-refractivity contribution in [1.29, 1.82) is 0 Å². The predicted molar refractivity (Wildman–Crippen MR) is 132 cm³/mol. The number of amides is 1. The minimum atomic E-state index is -3.99. The van der Waals surface area contributed by atoms with Crippen molar-refractivity contribution < 1.29 is 26.9 Å². The molecule has 12 heteroatoms. The Bertz CT molecular complexity index is 1480. The number of carbonyl (C=O) groups excluding carboxylic acids is 1. The van der Waals surface area contributed by atoms with Crippen LogP contribution in [0.3, 0.4) is 0 Å². The zero-order chi connectivity index (χ0) is 25.9. The molecule has 0 aliphatic heterocycles. The van der Waals surface area contributed by atoms with Gasteiger partial charge in [0.05, 0.1) is 12.8 Å². The molecular formula is C24H20ClFN4O5S. The van der Waals surface area contributed by atoms with Crippen LogP contribution in [0.4, 0.5) is 21.7 Å². The molecule has 2 heterocycles. The predicted octanol–water partition coefficient (Wildman–Crippen LogP) is 5.41. The Balaban J connectivity index is 1.76. The number of rotatable bonds is 8. The molecule has 0 saturated carbocycles. The van der Waals surface area contributed by atoms with Gasteiger partial charge in [0.25, 0.3) is 10.0 Å². The highest BCUT2D eigenvalue weighted by atomic mass is 35.5. The van der Waals surface area contributed by atoms with Gasteiger partial charge in [0.2, 0.25) is 5.91 Å². The molecule has 4 aromatic rings. The first-order chi connectivity index (χ1) is 17.2. The van der Waals surface area contributed by atoms with Crippen LogP contribution in [0.5, 0.6) is 5.75 Å². The van der Waals surface area contributed by atoms with Crippen LogP contribution in [0, 0.1) is 5.82 Å². The van der Waals surface area contributed by atoms with Gasteiger partial charge >= 0.3 is 0 Å². The summed E-state index contributed by atoms with van der Waals surface area (Å²) in [5.74, 6) is -0.300. The van der Waals surface area contributed by atoms with Crippen molar-refractivity contribution in [3.63, 3.8) is 0 Å². The molecule has 0 unspecified atom stereocenters. The summed E-state index contributed by atoms with van der Waals surface area (Å²) in [7, 11) is -2.54. The highest BCUT2D eigenvalue weighted by Crippen LogP contribution is 2.38. The van der Waals surface area contributed by atoms with Crippen molar-refractivity contribution in [2.45, 2.75) is 18.2 Å². The minimum absolute atomic E-state index is 0.0147. The first kappa shape index (κ1) is 25.1. The molecule has 0 aliphatic carbocycles. The van der Waals surface area contributed by atoms with E-state index in [0.29, 0.717) is 22.6 Å². The number of halogens is 2. The summed E-state index contributed by atoms with van der Waals surface area (Å²) in [6.07, 6.45) is 2.47. The summed E-state index contributed by atoms with van der Waals surface area (Å²) in [6.45, 7) is 1.68. The molecule has 0 atom stereocenters. The maximum atomic E-state index is 14.0. The molecule has 4 rings (SSSR count). The van der Waals surface area contributed by atoms with Gasteiger partial charge in [-0.25, -0.2) is 17.8 Å². The van der Waals surface area contributed by atoms with Crippen LogP contribution in [0.25, 0.3) is 11.1 Å². The number of carbonyl (C=O) groups is 1. The molecular weight excluding hydrogens is 511 g/mol. The van der Waals surface area contributed by atoms with Gasteiger partial charge in [-0.1, -0.05) is 29.7 Å². The van der Waals surface area contributed by atoms with E-state index >= 15 is 0 Å². The normalized spacial score (nSPS) is 11.2. The molecule has 9 nitrogen and oxygen atoms in total. The van der Waals surface area contributed by atoms with Crippen molar-refractivity contribution in [1.82, 2.24) is 10.1 Å². The Morgan fingerprint density at radius 2 is 1.94 bits per heavy atom. The number of aromatic nitrogens is 2. The third-order valence-electron chi connectivity index (χ3n) is 5.10. The number of nitrogens with one attached hydrogen (secondary N) is 1. The second-order valence-corrected chi connectivity index (χ2v) is 9.59. The van der Waals surface area contributed by atoms with Crippen molar-refractivity contribution in [3.8, 4) is 16.9 Å². The first-order valence-electron chi connectivity index (χ1n) is 10.6. The van der Waals surface area contributed by atoms with Gasteiger partial charge in [0.1, 0.15) is 28.5 Å². The smallest absolute Gasteiger partial charge is 0.264 e. The molecule has 0 aliphatic rings. The van der Waals surface area contributed by atoms with E-state index in [2.05, 4.69) is 19.4 Å². The zero-order valence-electron chi connectivity index (χ0n) is 19.1. The molecule has 36 heavy (non-hydrogen) atoms.